The number of primary amides is 1. The van der Waals surface area contributed by atoms with Crippen molar-refractivity contribution in [1.29, 1.82) is 0 Å². The van der Waals surface area contributed by atoms with Crippen LogP contribution in [-0.4, -0.2) is 39.6 Å². The van der Waals surface area contributed by atoms with Gasteiger partial charge in [0.25, 0.3) is 0 Å². The third kappa shape index (κ3) is 2.52. The SMILES string of the molecule is Cn1nc2c(c1-c1ccccc1)CCN(C(=O)C1(C(N)=O)CC1)CC2. The zero-order chi connectivity index (χ0) is 17.6. The van der Waals surface area contributed by atoms with Gasteiger partial charge in [0, 0.05) is 37.7 Å². The van der Waals surface area contributed by atoms with Gasteiger partial charge in [0.15, 0.2) is 0 Å². The molecule has 130 valence electrons. The first-order valence-corrected chi connectivity index (χ1v) is 8.72. The van der Waals surface area contributed by atoms with E-state index in [1.54, 1.807) is 4.90 Å². The molecule has 2 N–H and O–H groups in total. The van der Waals surface area contributed by atoms with Gasteiger partial charge >= 0.3 is 0 Å². The molecular weight excluding hydrogens is 316 g/mol. The van der Waals surface area contributed by atoms with Crippen LogP contribution in [0.1, 0.15) is 24.1 Å². The van der Waals surface area contributed by atoms with Crippen molar-refractivity contribution in [2.24, 2.45) is 18.2 Å². The molecule has 6 nitrogen and oxygen atoms in total. The molecule has 0 spiro atoms. The largest absolute Gasteiger partial charge is 0.369 e. The van der Waals surface area contributed by atoms with Gasteiger partial charge in [-0.05, 0) is 19.3 Å². The molecule has 2 amide bonds. The number of hydrogen-bond donors (Lipinski definition) is 1. The molecule has 6 heteroatoms. The van der Waals surface area contributed by atoms with Crippen LogP contribution in [-0.2, 0) is 29.5 Å². The summed E-state index contributed by atoms with van der Waals surface area (Å²) in [6.45, 7) is 1.19. The Morgan fingerprint density at radius 2 is 1.80 bits per heavy atom. The molecule has 1 aliphatic carbocycles. The Morgan fingerprint density at radius 1 is 1.12 bits per heavy atom. The maximum absolute atomic E-state index is 12.8. The molecule has 0 bridgehead atoms. The molecule has 2 heterocycles. The van der Waals surface area contributed by atoms with Gasteiger partial charge in [-0.15, -0.1) is 0 Å². The van der Waals surface area contributed by atoms with Crippen LogP contribution in [0.25, 0.3) is 11.3 Å². The van der Waals surface area contributed by atoms with E-state index in [0.29, 0.717) is 32.4 Å². The van der Waals surface area contributed by atoms with E-state index in [-0.39, 0.29) is 5.91 Å². The normalized spacial score (nSPS) is 18.4. The summed E-state index contributed by atoms with van der Waals surface area (Å²) in [6.07, 6.45) is 2.61. The molecule has 0 unspecified atom stereocenters. The molecule has 1 saturated carbocycles. The van der Waals surface area contributed by atoms with Crippen molar-refractivity contribution in [3.8, 4) is 11.3 Å². The molecule has 1 fully saturated rings. The predicted octanol–water partition coefficient (Wildman–Crippen LogP) is 1.28. The third-order valence-electron chi connectivity index (χ3n) is 5.44. The monoisotopic (exact) mass is 338 g/mol. The van der Waals surface area contributed by atoms with Crippen LogP contribution < -0.4 is 5.73 Å². The molecule has 0 saturated heterocycles. The fourth-order valence-corrected chi connectivity index (χ4v) is 3.84. The highest BCUT2D eigenvalue weighted by molar-refractivity contribution is 6.07. The van der Waals surface area contributed by atoms with Crippen LogP contribution in [0.5, 0.6) is 0 Å². The summed E-state index contributed by atoms with van der Waals surface area (Å²) in [7, 11) is 1.96. The molecule has 0 radical (unpaired) electrons. The number of nitrogens with two attached hydrogens (primary N) is 1. The standard InChI is InChI=1S/C19H22N4O2/c1-22-16(13-5-3-2-4-6-13)14-7-11-23(12-8-15(14)21-22)18(25)19(9-10-19)17(20)24/h2-6H,7-12H2,1H3,(H2,20,24). The highest BCUT2D eigenvalue weighted by Crippen LogP contribution is 2.47. The number of hydrogen-bond acceptors (Lipinski definition) is 3. The maximum atomic E-state index is 12.8. The second-order valence-corrected chi connectivity index (χ2v) is 7.00. The summed E-state index contributed by atoms with van der Waals surface area (Å²) in [5.74, 6) is -0.584. The Morgan fingerprint density at radius 3 is 2.44 bits per heavy atom. The number of carbonyl (C=O) groups is 2. The van der Waals surface area contributed by atoms with Crippen molar-refractivity contribution in [3.63, 3.8) is 0 Å². The molecule has 2 aliphatic rings. The highest BCUT2D eigenvalue weighted by atomic mass is 16.2. The zero-order valence-corrected chi connectivity index (χ0v) is 14.4. The summed E-state index contributed by atoms with van der Waals surface area (Å²) < 4.78 is 1.93. The fourth-order valence-electron chi connectivity index (χ4n) is 3.84. The molecule has 1 aliphatic heterocycles. The Hall–Kier alpha value is -2.63. The summed E-state index contributed by atoms with van der Waals surface area (Å²) >= 11 is 0. The van der Waals surface area contributed by atoms with Crippen LogP contribution in [0.2, 0.25) is 0 Å². The second-order valence-electron chi connectivity index (χ2n) is 7.00. The molecule has 0 atom stereocenters. The van der Waals surface area contributed by atoms with E-state index in [9.17, 15) is 9.59 Å². The minimum Gasteiger partial charge on any atom is -0.369 e. The maximum Gasteiger partial charge on any atom is 0.238 e. The first-order valence-electron chi connectivity index (χ1n) is 8.72. The fraction of sp³-hybridized carbons (Fsp3) is 0.421. The first kappa shape index (κ1) is 15.9. The lowest BCUT2D eigenvalue weighted by molar-refractivity contribution is -0.142. The van der Waals surface area contributed by atoms with Crippen molar-refractivity contribution in [3.05, 3.63) is 41.6 Å². The molecule has 4 rings (SSSR count). The number of aromatic nitrogens is 2. The van der Waals surface area contributed by atoms with E-state index in [2.05, 4.69) is 17.2 Å². The Kier molecular flexibility index (Phi) is 3.63. The minimum atomic E-state index is -0.936. The van der Waals surface area contributed by atoms with Crippen LogP contribution >= 0.6 is 0 Å². The number of amides is 2. The highest BCUT2D eigenvalue weighted by Gasteiger charge is 2.57. The Balaban J connectivity index is 1.60. The second kappa shape index (κ2) is 5.72. The van der Waals surface area contributed by atoms with Crippen LogP contribution in [0.3, 0.4) is 0 Å². The van der Waals surface area contributed by atoms with Crippen molar-refractivity contribution in [2.45, 2.75) is 25.7 Å². The number of rotatable bonds is 3. The van der Waals surface area contributed by atoms with Crippen molar-refractivity contribution < 1.29 is 9.59 Å². The summed E-state index contributed by atoms with van der Waals surface area (Å²) in [6, 6.07) is 10.2. The van der Waals surface area contributed by atoms with Gasteiger partial charge in [0.2, 0.25) is 11.8 Å². The van der Waals surface area contributed by atoms with E-state index in [0.717, 1.165) is 23.4 Å². The number of benzene rings is 1. The Bertz CT molecular complexity index is 837. The van der Waals surface area contributed by atoms with Crippen molar-refractivity contribution in [1.82, 2.24) is 14.7 Å². The number of aryl methyl sites for hydroxylation is 1. The summed E-state index contributed by atoms with van der Waals surface area (Å²) in [4.78, 5) is 26.2. The van der Waals surface area contributed by atoms with Gasteiger partial charge in [-0.3, -0.25) is 14.3 Å². The van der Waals surface area contributed by atoms with Crippen LogP contribution in [0, 0.1) is 5.41 Å². The van der Waals surface area contributed by atoms with Gasteiger partial charge in [-0.2, -0.15) is 5.10 Å². The third-order valence-corrected chi connectivity index (χ3v) is 5.44. The number of fused-ring (bicyclic) bond motifs is 1. The topological polar surface area (TPSA) is 81.2 Å². The van der Waals surface area contributed by atoms with Gasteiger partial charge in [0.1, 0.15) is 5.41 Å². The lowest BCUT2D eigenvalue weighted by Gasteiger charge is -2.24. The number of carbonyl (C=O) groups excluding carboxylic acids is 2. The van der Waals surface area contributed by atoms with E-state index in [1.807, 2.05) is 29.9 Å². The first-order chi connectivity index (χ1) is 12.0. The van der Waals surface area contributed by atoms with Gasteiger partial charge in [-0.1, -0.05) is 30.3 Å². The smallest absolute Gasteiger partial charge is 0.238 e. The summed E-state index contributed by atoms with van der Waals surface area (Å²) in [5, 5.41) is 4.68. The molecule has 1 aromatic heterocycles. The quantitative estimate of drug-likeness (QED) is 0.856. The Labute approximate surface area is 146 Å². The average Bonchev–Trinajstić information content (AvgIpc) is 3.38. The van der Waals surface area contributed by atoms with Gasteiger partial charge < -0.3 is 10.6 Å². The predicted molar refractivity (Wildman–Crippen MR) is 93.5 cm³/mol. The van der Waals surface area contributed by atoms with E-state index in [1.165, 1.54) is 5.56 Å². The summed E-state index contributed by atoms with van der Waals surface area (Å²) in [5.41, 5.74) is 9.02. The van der Waals surface area contributed by atoms with E-state index in [4.69, 9.17) is 5.73 Å². The van der Waals surface area contributed by atoms with Gasteiger partial charge in [0.05, 0.1) is 11.4 Å². The number of nitrogens with zero attached hydrogens (tertiary/aromatic N) is 3. The molecule has 2 aromatic rings. The molecule has 25 heavy (non-hydrogen) atoms. The van der Waals surface area contributed by atoms with Gasteiger partial charge in [-0.25, -0.2) is 0 Å². The molecule has 1 aromatic carbocycles. The minimum absolute atomic E-state index is 0.101. The van der Waals surface area contributed by atoms with E-state index < -0.39 is 11.3 Å². The van der Waals surface area contributed by atoms with E-state index >= 15 is 0 Å². The van der Waals surface area contributed by atoms with Crippen molar-refractivity contribution >= 4 is 11.8 Å². The van der Waals surface area contributed by atoms with Crippen molar-refractivity contribution in [2.75, 3.05) is 13.1 Å². The molecular formula is C19H22N4O2. The average molecular weight is 338 g/mol. The van der Waals surface area contributed by atoms with Crippen LogP contribution in [0.4, 0.5) is 0 Å². The zero-order valence-electron chi connectivity index (χ0n) is 14.4. The lowest BCUT2D eigenvalue weighted by atomic mass is 10.0. The lowest BCUT2D eigenvalue weighted by Crippen LogP contribution is -2.44. The van der Waals surface area contributed by atoms with Crippen LogP contribution in [0.15, 0.2) is 30.3 Å².